The number of hydrogen-bond acceptors (Lipinski definition) is 3. The molecular weight excluding hydrogens is 445 g/mol. The van der Waals surface area contributed by atoms with Crippen molar-refractivity contribution in [2.24, 2.45) is 5.10 Å². The first-order valence-corrected chi connectivity index (χ1v) is 10.6. The van der Waals surface area contributed by atoms with Gasteiger partial charge in [-0.05, 0) is 78.4 Å². The zero-order chi connectivity index (χ0) is 22.3. The van der Waals surface area contributed by atoms with Crippen LogP contribution in [0.15, 0.2) is 96.4 Å². The van der Waals surface area contributed by atoms with Crippen molar-refractivity contribution in [3.63, 3.8) is 0 Å². The van der Waals surface area contributed by atoms with Gasteiger partial charge in [0.2, 0.25) is 0 Å². The van der Waals surface area contributed by atoms with E-state index in [0.29, 0.717) is 28.0 Å². The highest BCUT2D eigenvalue weighted by molar-refractivity contribution is 6.35. The second-order valence-corrected chi connectivity index (χ2v) is 7.77. The van der Waals surface area contributed by atoms with Gasteiger partial charge in [0.15, 0.2) is 0 Å². The third-order valence-corrected chi connectivity index (χ3v) is 5.29. The third kappa shape index (κ3) is 5.58. The highest BCUT2D eigenvalue weighted by atomic mass is 35.5. The molecule has 0 bridgehead atoms. The average molecular weight is 464 g/mol. The number of hydrogen-bond donors (Lipinski definition) is 1. The fourth-order valence-corrected chi connectivity index (χ4v) is 3.43. The fraction of sp³-hybridized carbons (Fsp3) is 0.0400. The van der Waals surface area contributed by atoms with Crippen LogP contribution in [0.4, 0.5) is 0 Å². The van der Waals surface area contributed by atoms with Gasteiger partial charge in [0.05, 0.1) is 6.21 Å². The summed E-state index contributed by atoms with van der Waals surface area (Å²) in [5, 5.41) is 5.19. The Morgan fingerprint density at radius 1 is 0.969 bits per heavy atom. The molecule has 0 unspecified atom stereocenters. The van der Waals surface area contributed by atoms with Crippen LogP contribution >= 0.6 is 23.2 Å². The molecule has 0 aliphatic rings. The molecule has 4 rings (SSSR count). The maximum absolute atomic E-state index is 12.3. The molecule has 0 aliphatic carbocycles. The van der Waals surface area contributed by atoms with Gasteiger partial charge in [0.25, 0.3) is 5.91 Å². The Morgan fingerprint density at radius 2 is 1.69 bits per heavy atom. The Kier molecular flexibility index (Phi) is 6.90. The molecule has 1 amide bonds. The Balaban J connectivity index is 1.29. The number of nitrogens with zero attached hydrogens (tertiary/aromatic N) is 2. The molecule has 0 saturated heterocycles. The number of carbonyl (C=O) groups excluding carboxylic acids is 1. The summed E-state index contributed by atoms with van der Waals surface area (Å²) in [6.07, 6.45) is 5.47. The zero-order valence-corrected chi connectivity index (χ0v) is 18.4. The lowest BCUT2D eigenvalue weighted by molar-refractivity contribution is 0.0955. The van der Waals surface area contributed by atoms with Crippen molar-refractivity contribution in [1.29, 1.82) is 0 Å². The van der Waals surface area contributed by atoms with Gasteiger partial charge in [-0.1, -0.05) is 29.3 Å². The van der Waals surface area contributed by atoms with E-state index in [-0.39, 0.29) is 5.91 Å². The van der Waals surface area contributed by atoms with E-state index < -0.39 is 0 Å². The lowest BCUT2D eigenvalue weighted by Crippen LogP contribution is -2.17. The normalized spacial score (nSPS) is 10.9. The summed E-state index contributed by atoms with van der Waals surface area (Å²) in [5.41, 5.74) is 5.73. The van der Waals surface area contributed by atoms with Crippen molar-refractivity contribution >= 4 is 35.3 Å². The second kappa shape index (κ2) is 10.2. The predicted molar refractivity (Wildman–Crippen MR) is 128 cm³/mol. The lowest BCUT2D eigenvalue weighted by atomic mass is 10.2. The summed E-state index contributed by atoms with van der Waals surface area (Å²) in [6.45, 7) is 0.336. The molecule has 0 aliphatic heterocycles. The van der Waals surface area contributed by atoms with Crippen LogP contribution in [0, 0.1) is 0 Å². The van der Waals surface area contributed by atoms with Gasteiger partial charge in [-0.25, -0.2) is 5.43 Å². The molecule has 1 heterocycles. The van der Waals surface area contributed by atoms with Crippen LogP contribution in [0.5, 0.6) is 5.75 Å². The highest BCUT2D eigenvalue weighted by Gasteiger charge is 2.05. The molecule has 1 N–H and O–H groups in total. The van der Waals surface area contributed by atoms with Gasteiger partial charge in [-0.3, -0.25) is 4.79 Å². The standard InChI is InChI=1S/C25H19Cl2N3O2/c26-21-8-5-20(24(27)15-21)17-32-23-11-3-18(4-12-23)16-28-29-25(31)19-6-9-22(10-7-19)30-13-1-2-14-30/h1-16H,17H2,(H,29,31). The number of carbonyl (C=O) groups is 1. The Hall–Kier alpha value is -3.54. The Morgan fingerprint density at radius 3 is 2.38 bits per heavy atom. The summed E-state index contributed by atoms with van der Waals surface area (Å²) >= 11 is 12.1. The van der Waals surface area contributed by atoms with Crippen molar-refractivity contribution < 1.29 is 9.53 Å². The van der Waals surface area contributed by atoms with E-state index in [2.05, 4.69) is 10.5 Å². The molecular formula is C25H19Cl2N3O2. The van der Waals surface area contributed by atoms with E-state index in [1.54, 1.807) is 30.5 Å². The third-order valence-electron chi connectivity index (χ3n) is 4.70. The van der Waals surface area contributed by atoms with Crippen LogP contribution < -0.4 is 10.2 Å². The van der Waals surface area contributed by atoms with Crippen molar-refractivity contribution in [1.82, 2.24) is 9.99 Å². The van der Waals surface area contributed by atoms with Crippen molar-refractivity contribution in [2.45, 2.75) is 6.61 Å². The van der Waals surface area contributed by atoms with Crippen LogP contribution in [0.2, 0.25) is 10.0 Å². The van der Waals surface area contributed by atoms with Gasteiger partial charge >= 0.3 is 0 Å². The molecule has 7 heteroatoms. The van der Waals surface area contributed by atoms with E-state index in [1.807, 2.05) is 71.6 Å². The summed E-state index contributed by atoms with van der Waals surface area (Å²) in [6, 6.07) is 23.8. The quantitative estimate of drug-likeness (QED) is 0.264. The first kappa shape index (κ1) is 21.7. The summed E-state index contributed by atoms with van der Waals surface area (Å²) in [7, 11) is 0. The maximum atomic E-state index is 12.3. The van der Waals surface area contributed by atoms with Crippen LogP contribution in [0.3, 0.4) is 0 Å². The molecule has 1 aromatic heterocycles. The second-order valence-electron chi connectivity index (χ2n) is 6.93. The fourth-order valence-electron chi connectivity index (χ4n) is 2.97. The molecule has 0 spiro atoms. The van der Waals surface area contributed by atoms with Crippen molar-refractivity contribution in [3.8, 4) is 11.4 Å². The zero-order valence-electron chi connectivity index (χ0n) is 16.9. The highest BCUT2D eigenvalue weighted by Crippen LogP contribution is 2.22. The van der Waals surface area contributed by atoms with Crippen molar-refractivity contribution in [2.75, 3.05) is 0 Å². The summed E-state index contributed by atoms with van der Waals surface area (Å²) < 4.78 is 7.73. The number of hydrazone groups is 1. The molecule has 0 radical (unpaired) electrons. The number of halogens is 2. The predicted octanol–water partition coefficient (Wildman–Crippen LogP) is 6.13. The largest absolute Gasteiger partial charge is 0.489 e. The van der Waals surface area contributed by atoms with Crippen LogP contribution in [-0.4, -0.2) is 16.7 Å². The number of nitrogens with one attached hydrogen (secondary N) is 1. The van der Waals surface area contributed by atoms with Gasteiger partial charge in [-0.2, -0.15) is 5.10 Å². The number of aromatic nitrogens is 1. The molecule has 4 aromatic rings. The van der Waals surface area contributed by atoms with Gasteiger partial charge < -0.3 is 9.30 Å². The summed E-state index contributed by atoms with van der Waals surface area (Å²) in [4.78, 5) is 12.3. The van der Waals surface area contributed by atoms with E-state index in [0.717, 1.165) is 16.8 Å². The van der Waals surface area contributed by atoms with Gasteiger partial charge in [0.1, 0.15) is 12.4 Å². The Bertz CT molecular complexity index is 1220. The topological polar surface area (TPSA) is 55.6 Å². The number of amides is 1. The minimum Gasteiger partial charge on any atom is -0.489 e. The van der Waals surface area contributed by atoms with Crippen LogP contribution in [0.25, 0.3) is 5.69 Å². The maximum Gasteiger partial charge on any atom is 0.271 e. The average Bonchev–Trinajstić information content (AvgIpc) is 3.34. The minimum absolute atomic E-state index is 0.278. The number of rotatable bonds is 7. The van der Waals surface area contributed by atoms with Gasteiger partial charge in [-0.15, -0.1) is 0 Å². The van der Waals surface area contributed by atoms with Gasteiger partial charge in [0, 0.05) is 39.3 Å². The molecule has 5 nitrogen and oxygen atoms in total. The number of ether oxygens (including phenoxy) is 1. The van der Waals surface area contributed by atoms with E-state index in [4.69, 9.17) is 27.9 Å². The first-order chi connectivity index (χ1) is 15.6. The summed E-state index contributed by atoms with van der Waals surface area (Å²) in [5.74, 6) is 0.417. The molecule has 0 atom stereocenters. The molecule has 3 aromatic carbocycles. The van der Waals surface area contributed by atoms with E-state index in [1.165, 1.54) is 0 Å². The molecule has 32 heavy (non-hydrogen) atoms. The monoisotopic (exact) mass is 463 g/mol. The first-order valence-electron chi connectivity index (χ1n) is 9.82. The van der Waals surface area contributed by atoms with E-state index >= 15 is 0 Å². The van der Waals surface area contributed by atoms with Crippen LogP contribution in [-0.2, 0) is 6.61 Å². The van der Waals surface area contributed by atoms with Crippen molar-refractivity contribution in [3.05, 3.63) is 118 Å². The number of benzene rings is 3. The lowest BCUT2D eigenvalue weighted by Gasteiger charge is -2.08. The SMILES string of the molecule is O=C(NN=Cc1ccc(OCc2ccc(Cl)cc2Cl)cc1)c1ccc(-n2cccc2)cc1. The molecule has 0 fully saturated rings. The minimum atomic E-state index is -0.278. The smallest absolute Gasteiger partial charge is 0.271 e. The van der Waals surface area contributed by atoms with E-state index in [9.17, 15) is 4.79 Å². The van der Waals surface area contributed by atoms with Crippen LogP contribution in [0.1, 0.15) is 21.5 Å². The molecule has 0 saturated carbocycles. The Labute approximate surface area is 195 Å². The molecule has 160 valence electrons.